The second kappa shape index (κ2) is 8.00. The summed E-state index contributed by atoms with van der Waals surface area (Å²) in [5.41, 5.74) is 1.26. The van der Waals surface area contributed by atoms with E-state index in [4.69, 9.17) is 9.84 Å². The number of benzene rings is 1. The molecule has 1 amide bonds. The van der Waals surface area contributed by atoms with Crippen molar-refractivity contribution in [1.82, 2.24) is 5.32 Å². The van der Waals surface area contributed by atoms with Gasteiger partial charge >= 0.3 is 5.97 Å². The summed E-state index contributed by atoms with van der Waals surface area (Å²) in [6.45, 7) is 0.591. The van der Waals surface area contributed by atoms with Crippen LogP contribution in [0.1, 0.15) is 56.9 Å². The van der Waals surface area contributed by atoms with E-state index < -0.39 is 18.2 Å². The number of hydrogen-bond donors (Lipinski definition) is 2. The summed E-state index contributed by atoms with van der Waals surface area (Å²) in [7, 11) is 0. The molecule has 2 aliphatic rings. The van der Waals surface area contributed by atoms with E-state index in [0.29, 0.717) is 19.4 Å². The molecule has 136 valence electrons. The molecule has 0 bridgehead atoms. The van der Waals surface area contributed by atoms with E-state index >= 15 is 0 Å². The minimum atomic E-state index is -0.986. The van der Waals surface area contributed by atoms with Crippen LogP contribution < -0.4 is 5.32 Å². The second-order valence-corrected chi connectivity index (χ2v) is 7.31. The van der Waals surface area contributed by atoms with Gasteiger partial charge in [-0.15, -0.1) is 0 Å². The first-order valence-electron chi connectivity index (χ1n) is 9.32. The highest BCUT2D eigenvalue weighted by atomic mass is 16.5. The SMILES string of the molecule is O=C(NCC1(c2ccccc2)CCCCCC1)[C@@H]1CC[C@H](C(=O)O)O1. The number of carbonyl (C=O) groups is 2. The average Bonchev–Trinajstić information content (AvgIpc) is 3.01. The standard InChI is InChI=1S/C20H27NO4/c22-18(16-10-11-17(25-16)19(23)24)21-14-20(12-6-1-2-7-13-20)15-8-4-3-5-9-15/h3-5,8-9,16-17H,1-2,6-7,10-14H2,(H,21,22)(H,23,24)/t16-,17+/m0/s1. The van der Waals surface area contributed by atoms with Gasteiger partial charge in [0, 0.05) is 12.0 Å². The lowest BCUT2D eigenvalue weighted by molar-refractivity contribution is -0.151. The van der Waals surface area contributed by atoms with E-state index in [1.165, 1.54) is 31.2 Å². The monoisotopic (exact) mass is 345 g/mol. The first-order chi connectivity index (χ1) is 12.1. The van der Waals surface area contributed by atoms with Crippen molar-refractivity contribution in [3.63, 3.8) is 0 Å². The van der Waals surface area contributed by atoms with Crippen LogP contribution in [0.5, 0.6) is 0 Å². The van der Waals surface area contributed by atoms with E-state index in [1.807, 2.05) is 6.07 Å². The lowest BCUT2D eigenvalue weighted by atomic mass is 9.74. The highest BCUT2D eigenvalue weighted by Crippen LogP contribution is 2.38. The van der Waals surface area contributed by atoms with Crippen LogP contribution in [0.15, 0.2) is 30.3 Å². The van der Waals surface area contributed by atoms with Gasteiger partial charge in [0.2, 0.25) is 5.91 Å². The number of rotatable bonds is 5. The zero-order chi connectivity index (χ0) is 17.7. The van der Waals surface area contributed by atoms with Crippen LogP contribution in [0.3, 0.4) is 0 Å². The maximum absolute atomic E-state index is 12.5. The zero-order valence-electron chi connectivity index (χ0n) is 14.6. The number of nitrogens with one attached hydrogen (secondary N) is 1. The molecule has 0 unspecified atom stereocenters. The molecular weight excluding hydrogens is 318 g/mol. The molecule has 25 heavy (non-hydrogen) atoms. The summed E-state index contributed by atoms with van der Waals surface area (Å²) in [6, 6.07) is 10.4. The molecule has 1 aromatic carbocycles. The fourth-order valence-electron chi connectivity index (χ4n) is 4.15. The fraction of sp³-hybridized carbons (Fsp3) is 0.600. The van der Waals surface area contributed by atoms with Gasteiger partial charge in [-0.25, -0.2) is 4.79 Å². The lowest BCUT2D eigenvalue weighted by Gasteiger charge is -2.34. The molecule has 2 N–H and O–H groups in total. The molecule has 5 heteroatoms. The van der Waals surface area contributed by atoms with Gasteiger partial charge in [-0.1, -0.05) is 56.0 Å². The van der Waals surface area contributed by atoms with Crippen molar-refractivity contribution in [2.24, 2.45) is 0 Å². The minimum absolute atomic E-state index is 0.0295. The second-order valence-electron chi connectivity index (χ2n) is 7.31. The minimum Gasteiger partial charge on any atom is -0.479 e. The van der Waals surface area contributed by atoms with Gasteiger partial charge in [-0.05, 0) is 31.2 Å². The number of carboxylic acids is 1. The number of aliphatic carboxylic acids is 1. The predicted molar refractivity (Wildman–Crippen MR) is 94.4 cm³/mol. The van der Waals surface area contributed by atoms with Gasteiger partial charge in [0.25, 0.3) is 0 Å². The van der Waals surface area contributed by atoms with E-state index in [9.17, 15) is 9.59 Å². The van der Waals surface area contributed by atoms with Gasteiger partial charge < -0.3 is 15.2 Å². The Bertz CT molecular complexity index is 593. The van der Waals surface area contributed by atoms with E-state index in [2.05, 4.69) is 29.6 Å². The zero-order valence-corrected chi connectivity index (χ0v) is 14.6. The summed E-state index contributed by atoms with van der Waals surface area (Å²) < 4.78 is 5.38. The van der Waals surface area contributed by atoms with Crippen LogP contribution in [0, 0.1) is 0 Å². The molecule has 3 rings (SSSR count). The summed E-state index contributed by atoms with van der Waals surface area (Å²) in [5, 5.41) is 12.1. The van der Waals surface area contributed by atoms with Gasteiger partial charge in [0.05, 0.1) is 0 Å². The van der Waals surface area contributed by atoms with Crippen molar-refractivity contribution in [3.8, 4) is 0 Å². The Kier molecular flexibility index (Phi) is 5.74. The summed E-state index contributed by atoms with van der Waals surface area (Å²) >= 11 is 0. The molecule has 2 fully saturated rings. The summed E-state index contributed by atoms with van der Waals surface area (Å²) in [6.07, 6.45) is 6.36. The molecular formula is C20H27NO4. The Morgan fingerprint density at radius 3 is 2.28 bits per heavy atom. The van der Waals surface area contributed by atoms with Crippen molar-refractivity contribution >= 4 is 11.9 Å². The number of carboxylic acid groups (broad SMARTS) is 1. The number of carbonyl (C=O) groups excluding carboxylic acids is 1. The molecule has 0 spiro atoms. The Morgan fingerprint density at radius 1 is 1.04 bits per heavy atom. The van der Waals surface area contributed by atoms with Crippen LogP contribution in [-0.2, 0) is 19.7 Å². The van der Waals surface area contributed by atoms with Gasteiger partial charge in [-0.2, -0.15) is 0 Å². The summed E-state index contributed by atoms with van der Waals surface area (Å²) in [4.78, 5) is 23.5. The molecule has 1 heterocycles. The van der Waals surface area contributed by atoms with E-state index in [1.54, 1.807) is 0 Å². The molecule has 2 atom stereocenters. The molecule has 5 nitrogen and oxygen atoms in total. The first kappa shape index (κ1) is 17.9. The Morgan fingerprint density at radius 2 is 1.68 bits per heavy atom. The van der Waals surface area contributed by atoms with Gasteiger partial charge in [0.1, 0.15) is 6.10 Å². The van der Waals surface area contributed by atoms with Crippen molar-refractivity contribution in [3.05, 3.63) is 35.9 Å². The largest absolute Gasteiger partial charge is 0.479 e. The smallest absolute Gasteiger partial charge is 0.332 e. The predicted octanol–water partition coefficient (Wildman–Crippen LogP) is 3.03. The van der Waals surface area contributed by atoms with Crippen LogP contribution in [0.25, 0.3) is 0 Å². The fourth-order valence-corrected chi connectivity index (χ4v) is 4.15. The number of ether oxygens (including phenoxy) is 1. The average molecular weight is 345 g/mol. The number of amides is 1. The highest BCUT2D eigenvalue weighted by molar-refractivity contribution is 5.82. The van der Waals surface area contributed by atoms with Crippen LogP contribution >= 0.6 is 0 Å². The third-order valence-electron chi connectivity index (χ3n) is 5.64. The molecule has 1 saturated carbocycles. The maximum atomic E-state index is 12.5. The molecule has 1 saturated heterocycles. The Balaban J connectivity index is 1.67. The first-order valence-corrected chi connectivity index (χ1v) is 9.32. The van der Waals surface area contributed by atoms with Crippen molar-refractivity contribution in [1.29, 1.82) is 0 Å². The number of hydrogen-bond acceptors (Lipinski definition) is 3. The van der Waals surface area contributed by atoms with Crippen molar-refractivity contribution < 1.29 is 19.4 Å². The van der Waals surface area contributed by atoms with E-state index in [0.717, 1.165) is 12.8 Å². The lowest BCUT2D eigenvalue weighted by Crippen LogP contribution is -2.44. The van der Waals surface area contributed by atoms with Crippen molar-refractivity contribution in [2.75, 3.05) is 6.54 Å². The van der Waals surface area contributed by atoms with Gasteiger partial charge in [0.15, 0.2) is 6.10 Å². The molecule has 1 aliphatic carbocycles. The molecule has 0 aromatic heterocycles. The van der Waals surface area contributed by atoms with Crippen LogP contribution in [-0.4, -0.2) is 35.7 Å². The third kappa shape index (κ3) is 4.21. The Hall–Kier alpha value is -1.88. The molecule has 1 aromatic rings. The molecule has 1 aliphatic heterocycles. The topological polar surface area (TPSA) is 75.6 Å². The molecule has 0 radical (unpaired) electrons. The van der Waals surface area contributed by atoms with Crippen LogP contribution in [0.4, 0.5) is 0 Å². The normalized spacial score (nSPS) is 25.9. The summed E-state index contributed by atoms with van der Waals surface area (Å²) in [5.74, 6) is -1.16. The third-order valence-corrected chi connectivity index (χ3v) is 5.64. The highest BCUT2D eigenvalue weighted by Gasteiger charge is 2.37. The van der Waals surface area contributed by atoms with Crippen molar-refractivity contribution in [2.45, 2.75) is 69.0 Å². The quantitative estimate of drug-likeness (QED) is 0.804. The van der Waals surface area contributed by atoms with E-state index in [-0.39, 0.29) is 11.3 Å². The van der Waals surface area contributed by atoms with Crippen LogP contribution in [0.2, 0.25) is 0 Å². The van der Waals surface area contributed by atoms with Gasteiger partial charge in [-0.3, -0.25) is 4.79 Å². The Labute approximate surface area is 148 Å². The maximum Gasteiger partial charge on any atom is 0.332 e.